The Morgan fingerprint density at radius 1 is 0.290 bits per heavy atom. The summed E-state index contributed by atoms with van der Waals surface area (Å²) in [6.45, 7) is -23.1. The monoisotopic (exact) mass is 1010 g/mol. The van der Waals surface area contributed by atoms with Crippen molar-refractivity contribution in [3.05, 3.63) is 0 Å². The molecule has 0 rings (SSSR count). The Morgan fingerprint density at radius 3 is 0.667 bits per heavy atom. The zero-order chi connectivity index (χ0) is 54.5. The maximum Gasteiger partial charge on any atom is 0.208 e. The maximum atomic E-state index is 15.9. The second kappa shape index (κ2) is 26.3. The average Bonchev–Trinajstić information content (AvgIpc) is 3.37. The minimum Gasteiger partial charge on any atom is -0.393 e. The van der Waals surface area contributed by atoms with E-state index in [1.807, 2.05) is 0 Å². The summed E-state index contributed by atoms with van der Waals surface area (Å²) in [5, 5.41) is 228. The van der Waals surface area contributed by atoms with Crippen LogP contribution in [0.1, 0.15) is 19.8 Å². The fourth-order valence-corrected chi connectivity index (χ4v) is 8.66. The number of aliphatic hydroxyl groups excluding tert-OH is 20. The van der Waals surface area contributed by atoms with Gasteiger partial charge in [-0.1, -0.05) is 13.3 Å². The van der Waals surface area contributed by atoms with Crippen molar-refractivity contribution < 1.29 is 155 Å². The molecule has 0 fully saturated rings. The highest BCUT2D eigenvalue weighted by Crippen LogP contribution is 2.69. The quantitative estimate of drug-likeness (QED) is 0.0259. The average molecular weight is 1010 g/mol. The number of ketones is 10. The third kappa shape index (κ3) is 10.1. The van der Waals surface area contributed by atoms with Crippen molar-refractivity contribution in [3.8, 4) is 0 Å². The summed E-state index contributed by atoms with van der Waals surface area (Å²) in [6.07, 6.45) is -42.5. The van der Waals surface area contributed by atoms with Gasteiger partial charge in [-0.25, -0.2) is 0 Å². The van der Waals surface area contributed by atoms with E-state index in [1.165, 1.54) is 0 Å². The number of carbonyl (C=O) groups excluding carboxylic acids is 10. The smallest absolute Gasteiger partial charge is 0.208 e. The molecule has 31 nitrogen and oxygen atoms in total. The molecule has 0 heterocycles. The van der Waals surface area contributed by atoms with Crippen LogP contribution in [0.3, 0.4) is 0 Å². The van der Waals surface area contributed by atoms with E-state index in [0.717, 1.165) is 0 Å². The van der Waals surface area contributed by atoms with Gasteiger partial charge in [-0.3, -0.25) is 47.9 Å². The van der Waals surface area contributed by atoms with E-state index >= 15 is 38.4 Å². The highest BCUT2D eigenvalue weighted by molar-refractivity contribution is 6.38. The van der Waals surface area contributed by atoms with E-state index in [0.29, 0.717) is 6.92 Å². The number of hydrogen-bond acceptors (Lipinski definition) is 31. The van der Waals surface area contributed by atoms with Crippen molar-refractivity contribution in [3.63, 3.8) is 0 Å². The summed E-state index contributed by atoms with van der Waals surface area (Å²) in [5.41, 5.74) is -30.7. The fourth-order valence-electron chi connectivity index (χ4n) is 8.66. The fraction of sp³-hybridized carbons (Fsp3) is 0.737. The van der Waals surface area contributed by atoms with Crippen LogP contribution in [-0.2, 0) is 47.9 Å². The normalized spacial score (nSPS) is 20.7. The highest BCUT2D eigenvalue weighted by atomic mass is 16.4. The largest absolute Gasteiger partial charge is 0.393 e. The van der Waals surface area contributed by atoms with Crippen molar-refractivity contribution in [2.24, 2.45) is 21.7 Å². The molecule has 0 aromatic carbocycles. The summed E-state index contributed by atoms with van der Waals surface area (Å²) >= 11 is 0. The van der Waals surface area contributed by atoms with Crippen LogP contribution in [-0.4, -0.2) is 298 Å². The van der Waals surface area contributed by atoms with E-state index in [4.69, 9.17) is 0 Å². The van der Waals surface area contributed by atoms with Crippen LogP contribution < -0.4 is 0 Å². The molecular formula is C38H58O31. The number of hydrogen-bond donors (Lipinski definition) is 21. The van der Waals surface area contributed by atoms with Gasteiger partial charge < -0.3 is 107 Å². The molecule has 0 bridgehead atoms. The number of aliphatic hydroxyl groups is 21. The SMILES string of the molecule is CCCC(C(=O)C(O)CO)(C(=O)C(O)CO)C(C(=O)C(O)CO)(C(=O)C(O)CO)C(C(=O)C(O)CO)(C(=O)C(O)CO)C(C(=O)C(O)CO)(C(=O)C(O)CO)C(O)(C(=O)C(O)CO)C(=O)C(O)CO. The summed E-state index contributed by atoms with van der Waals surface area (Å²) in [7, 11) is 0. The highest BCUT2D eigenvalue weighted by Gasteiger charge is 2.93. The third-order valence-electron chi connectivity index (χ3n) is 11.5. The third-order valence-corrected chi connectivity index (χ3v) is 11.5. The van der Waals surface area contributed by atoms with Crippen LogP contribution >= 0.6 is 0 Å². The van der Waals surface area contributed by atoms with Crippen molar-refractivity contribution in [1.29, 1.82) is 0 Å². The van der Waals surface area contributed by atoms with Crippen LogP contribution in [0.2, 0.25) is 0 Å². The molecule has 21 N–H and O–H groups in total. The molecule has 0 radical (unpaired) electrons. The second-order valence-corrected chi connectivity index (χ2v) is 15.2. The molecule has 10 unspecified atom stereocenters. The molecule has 396 valence electrons. The van der Waals surface area contributed by atoms with Crippen molar-refractivity contribution in [1.82, 2.24) is 0 Å². The Kier molecular flexibility index (Phi) is 24.8. The van der Waals surface area contributed by atoms with E-state index in [1.54, 1.807) is 0 Å². The van der Waals surface area contributed by atoms with Gasteiger partial charge in [0.1, 0.15) is 77.3 Å². The number of carbonyl (C=O) groups is 10. The Hall–Kier alpha value is -4.14. The van der Waals surface area contributed by atoms with Gasteiger partial charge in [-0.15, -0.1) is 0 Å². The molecule has 10 atom stereocenters. The van der Waals surface area contributed by atoms with E-state index in [9.17, 15) is 117 Å². The van der Waals surface area contributed by atoms with Gasteiger partial charge in [-0.2, -0.15) is 0 Å². The predicted molar refractivity (Wildman–Crippen MR) is 211 cm³/mol. The lowest BCUT2D eigenvalue weighted by Gasteiger charge is -2.64. The molecule has 0 aliphatic rings. The van der Waals surface area contributed by atoms with Gasteiger partial charge in [0.05, 0.1) is 66.1 Å². The van der Waals surface area contributed by atoms with Crippen LogP contribution in [0, 0.1) is 21.7 Å². The first-order valence-electron chi connectivity index (χ1n) is 20.0. The first-order valence-corrected chi connectivity index (χ1v) is 20.0. The molecule has 0 amide bonds. The van der Waals surface area contributed by atoms with Gasteiger partial charge in [0, 0.05) is 0 Å². The molecule has 0 aliphatic carbocycles. The minimum absolute atomic E-state index is 0.695. The summed E-state index contributed by atoms with van der Waals surface area (Å²) in [4.78, 5) is 155. The van der Waals surface area contributed by atoms with Gasteiger partial charge in [-0.05, 0) is 6.42 Å². The standard InChI is InChI=1S/C38H58O31/c1-2-3-34(24(59)14(49)4-39,25(60)15(50)5-40)35(26(61)16(51)6-41,27(62)17(52)7-42)36(28(63)18(53)8-43,29(64)19(54)9-44)37(30(65)20(55)10-45,31(66)21(56)11-46)38(69,32(67)22(57)12-47)33(68)23(58)13-48/h14-23,39-58,69H,2-13H2,1H3. The molecule has 69 heavy (non-hydrogen) atoms. The molecule has 0 aromatic rings. The zero-order valence-electron chi connectivity index (χ0n) is 36.2. The lowest BCUT2D eigenvalue weighted by molar-refractivity contribution is -0.234. The second-order valence-electron chi connectivity index (χ2n) is 15.2. The van der Waals surface area contributed by atoms with Gasteiger partial charge >= 0.3 is 0 Å². The van der Waals surface area contributed by atoms with Gasteiger partial charge in [0.2, 0.25) is 17.2 Å². The first kappa shape index (κ1) is 64.9. The van der Waals surface area contributed by atoms with Crippen molar-refractivity contribution in [2.45, 2.75) is 86.4 Å². The Labute approximate surface area is 387 Å². The number of Topliss-reactive ketones (excluding diaryl/α,β-unsaturated/α-hetero) is 10. The molecular weight excluding hydrogens is 952 g/mol. The Bertz CT molecular complexity index is 1770. The van der Waals surface area contributed by atoms with Crippen LogP contribution in [0.25, 0.3) is 0 Å². The molecule has 31 heteroatoms. The lowest BCUT2D eigenvalue weighted by Crippen LogP contribution is -2.89. The van der Waals surface area contributed by atoms with Crippen LogP contribution in [0.15, 0.2) is 0 Å². The first-order chi connectivity index (χ1) is 32.0. The summed E-state index contributed by atoms with van der Waals surface area (Å²) in [5.74, 6) is -33.9. The van der Waals surface area contributed by atoms with Crippen molar-refractivity contribution in [2.75, 3.05) is 66.1 Å². The van der Waals surface area contributed by atoms with E-state index in [2.05, 4.69) is 0 Å². The predicted octanol–water partition coefficient (Wildman–Crippen LogP) is -15.3. The Morgan fingerprint density at radius 2 is 0.464 bits per heavy atom. The van der Waals surface area contributed by atoms with Crippen molar-refractivity contribution >= 4 is 57.8 Å². The molecule has 0 spiro atoms. The van der Waals surface area contributed by atoms with E-state index in [-0.39, 0.29) is 0 Å². The van der Waals surface area contributed by atoms with E-state index < -0.39 is 225 Å². The lowest BCUT2D eigenvalue weighted by atomic mass is 9.30. The van der Waals surface area contributed by atoms with Gasteiger partial charge in [0.15, 0.2) is 51.7 Å². The number of rotatable bonds is 36. The van der Waals surface area contributed by atoms with Crippen LogP contribution in [0.4, 0.5) is 0 Å². The Balaban J connectivity index is 12.9. The van der Waals surface area contributed by atoms with Gasteiger partial charge in [0.25, 0.3) is 0 Å². The summed E-state index contributed by atoms with van der Waals surface area (Å²) in [6, 6.07) is 0. The maximum absolute atomic E-state index is 15.9. The zero-order valence-corrected chi connectivity index (χ0v) is 36.2. The molecule has 0 saturated carbocycles. The molecule has 0 aromatic heterocycles. The van der Waals surface area contributed by atoms with Crippen LogP contribution in [0.5, 0.6) is 0 Å². The summed E-state index contributed by atoms with van der Waals surface area (Å²) < 4.78 is 0. The molecule has 0 saturated heterocycles. The topological polar surface area (TPSA) is 596 Å². The minimum atomic E-state index is -6.56. The molecule has 0 aliphatic heterocycles.